The molecule has 206 valence electrons. The molecule has 3 N–H and O–H groups in total. The van der Waals surface area contributed by atoms with Gasteiger partial charge in [0, 0.05) is 28.4 Å². The second-order valence-corrected chi connectivity index (χ2v) is 9.44. The number of hydrogen-bond donors (Lipinski definition) is 3. The van der Waals surface area contributed by atoms with Crippen LogP contribution in [0.3, 0.4) is 0 Å². The minimum Gasteiger partial charge on any atom is -0.467 e. The lowest BCUT2D eigenvalue weighted by Crippen LogP contribution is -2.44. The summed E-state index contributed by atoms with van der Waals surface area (Å²) in [5.74, 6) is -0.384. The first kappa shape index (κ1) is 28.2. The van der Waals surface area contributed by atoms with Gasteiger partial charge in [0.15, 0.2) is 5.75 Å². The van der Waals surface area contributed by atoms with E-state index >= 15 is 0 Å². The first-order valence-corrected chi connectivity index (χ1v) is 12.7. The van der Waals surface area contributed by atoms with Crippen LogP contribution in [-0.2, 0) is 9.53 Å². The maximum absolute atomic E-state index is 12.7. The topological polar surface area (TPSA) is 132 Å². The zero-order chi connectivity index (χ0) is 28.6. The van der Waals surface area contributed by atoms with E-state index < -0.39 is 23.9 Å². The fourth-order valence-electron chi connectivity index (χ4n) is 3.66. The van der Waals surface area contributed by atoms with Gasteiger partial charge in [-0.3, -0.25) is 4.79 Å². The first-order valence-electron chi connectivity index (χ1n) is 12.3. The van der Waals surface area contributed by atoms with E-state index in [1.165, 1.54) is 13.2 Å². The molecule has 0 aliphatic heterocycles. The van der Waals surface area contributed by atoms with Gasteiger partial charge in [0.25, 0.3) is 5.91 Å². The fraction of sp³-hybridized carbons (Fsp3) is 0.172. The van der Waals surface area contributed by atoms with Crippen molar-refractivity contribution < 1.29 is 28.4 Å². The highest BCUT2D eigenvalue weighted by atomic mass is 35.5. The van der Waals surface area contributed by atoms with Crippen LogP contribution in [0, 0.1) is 5.92 Å². The summed E-state index contributed by atoms with van der Waals surface area (Å²) < 4.78 is 15.8. The smallest absolute Gasteiger partial charge is 0.328 e. The number of ether oxygens (including phenoxy) is 2. The highest BCUT2D eigenvalue weighted by molar-refractivity contribution is 6.30. The Bertz CT molecular complexity index is 1490. The second kappa shape index (κ2) is 12.8. The van der Waals surface area contributed by atoms with E-state index in [2.05, 4.69) is 21.1 Å². The number of nitrogens with one attached hydrogen (secondary N) is 3. The average molecular weight is 563 g/mol. The Hall–Kier alpha value is -4.83. The third kappa shape index (κ3) is 7.17. The van der Waals surface area contributed by atoms with Crippen molar-refractivity contribution in [3.8, 4) is 22.8 Å². The predicted octanol–water partition coefficient (Wildman–Crippen LogP) is 6.36. The molecule has 0 radical (unpaired) electrons. The van der Waals surface area contributed by atoms with Crippen molar-refractivity contribution in [2.24, 2.45) is 5.92 Å². The number of carbonyl (C=O) groups excluding carboxylic acids is 3. The number of methoxy groups -OCH3 is 1. The lowest BCUT2D eigenvalue weighted by atomic mass is 10.0. The highest BCUT2D eigenvalue weighted by Gasteiger charge is 2.27. The van der Waals surface area contributed by atoms with Gasteiger partial charge < -0.3 is 29.9 Å². The van der Waals surface area contributed by atoms with Crippen molar-refractivity contribution in [1.29, 1.82) is 0 Å². The zero-order valence-corrected chi connectivity index (χ0v) is 22.7. The Kier molecular flexibility index (Phi) is 9.03. The molecule has 0 fully saturated rings. The SMILES string of the molecule is COC(=O)[C@@H](NC(=O)c1cc(-c2ccc(NC(=O)Nc3ccc(Cl)cc3Oc3ccccc3)cc2)no1)C(C)C. The molecule has 11 heteroatoms. The number of hydrogen-bond acceptors (Lipinski definition) is 7. The van der Waals surface area contributed by atoms with Crippen molar-refractivity contribution in [2.45, 2.75) is 19.9 Å². The number of anilines is 2. The first-order chi connectivity index (χ1) is 19.2. The molecule has 40 heavy (non-hydrogen) atoms. The predicted molar refractivity (Wildman–Crippen MR) is 151 cm³/mol. The van der Waals surface area contributed by atoms with Gasteiger partial charge in [0.05, 0.1) is 12.8 Å². The van der Waals surface area contributed by atoms with Crippen molar-refractivity contribution in [2.75, 3.05) is 17.7 Å². The van der Waals surface area contributed by atoms with E-state index in [0.717, 1.165) is 0 Å². The van der Waals surface area contributed by atoms with Crippen molar-refractivity contribution in [3.05, 3.63) is 89.6 Å². The molecule has 3 aromatic carbocycles. The van der Waals surface area contributed by atoms with E-state index in [0.29, 0.717) is 39.2 Å². The highest BCUT2D eigenvalue weighted by Crippen LogP contribution is 2.32. The van der Waals surface area contributed by atoms with Gasteiger partial charge in [-0.05, 0) is 42.3 Å². The molecule has 1 aromatic heterocycles. The quantitative estimate of drug-likeness (QED) is 0.202. The number of halogens is 1. The molecule has 1 atom stereocenters. The number of esters is 1. The molecule has 0 bridgehead atoms. The number of para-hydroxylation sites is 1. The summed E-state index contributed by atoms with van der Waals surface area (Å²) in [6.07, 6.45) is 0. The van der Waals surface area contributed by atoms with Gasteiger partial charge in [-0.2, -0.15) is 0 Å². The van der Waals surface area contributed by atoms with Crippen LogP contribution < -0.4 is 20.7 Å². The molecule has 0 saturated heterocycles. The molecule has 1 heterocycles. The maximum atomic E-state index is 12.7. The normalized spacial score (nSPS) is 11.4. The van der Waals surface area contributed by atoms with E-state index in [4.69, 9.17) is 25.6 Å². The summed E-state index contributed by atoms with van der Waals surface area (Å²) >= 11 is 6.13. The van der Waals surface area contributed by atoms with Crippen LogP contribution in [0.15, 0.2) is 83.4 Å². The van der Waals surface area contributed by atoms with Crippen LogP contribution in [0.5, 0.6) is 11.5 Å². The summed E-state index contributed by atoms with van der Waals surface area (Å²) in [5.41, 5.74) is 2.00. The fourth-order valence-corrected chi connectivity index (χ4v) is 3.83. The molecule has 3 amide bonds. The van der Waals surface area contributed by atoms with Crippen molar-refractivity contribution in [1.82, 2.24) is 10.5 Å². The number of carbonyl (C=O) groups is 3. The largest absolute Gasteiger partial charge is 0.467 e. The zero-order valence-electron chi connectivity index (χ0n) is 21.9. The minimum atomic E-state index is -0.823. The second-order valence-electron chi connectivity index (χ2n) is 9.01. The Morgan fingerprint density at radius 2 is 1.65 bits per heavy atom. The standard InChI is InChI=1S/C29H27ClN4O6/c1-17(2)26(28(36)38-3)33-27(35)25-16-23(34-40-25)18-9-12-20(13-10-18)31-29(37)32-22-14-11-19(30)15-24(22)39-21-7-5-4-6-8-21/h4-17,26H,1-3H3,(H,33,35)(H2,31,32,37)/t26-/m0/s1. The molecule has 4 rings (SSSR count). The summed E-state index contributed by atoms with van der Waals surface area (Å²) in [5, 5.41) is 12.5. The van der Waals surface area contributed by atoms with E-state index in [1.807, 2.05) is 18.2 Å². The number of nitrogens with zero attached hydrogens (tertiary/aromatic N) is 1. The van der Waals surface area contributed by atoms with Crippen LogP contribution in [0.4, 0.5) is 16.2 Å². The van der Waals surface area contributed by atoms with Gasteiger partial charge in [0.1, 0.15) is 17.5 Å². The Labute approximate surface area is 235 Å². The molecular weight excluding hydrogens is 536 g/mol. The van der Waals surface area contributed by atoms with E-state index in [9.17, 15) is 14.4 Å². The van der Waals surface area contributed by atoms with Crippen molar-refractivity contribution in [3.63, 3.8) is 0 Å². The maximum Gasteiger partial charge on any atom is 0.328 e. The van der Waals surface area contributed by atoms with Gasteiger partial charge in [0.2, 0.25) is 5.76 Å². The molecule has 4 aromatic rings. The molecule has 0 unspecified atom stereocenters. The Morgan fingerprint density at radius 1 is 0.925 bits per heavy atom. The van der Waals surface area contributed by atoms with Gasteiger partial charge in [-0.1, -0.05) is 60.9 Å². The molecule has 0 aliphatic carbocycles. The third-order valence-electron chi connectivity index (χ3n) is 5.74. The molecule has 0 spiro atoms. The van der Waals surface area contributed by atoms with Crippen molar-refractivity contribution >= 4 is 40.9 Å². The number of aromatic nitrogens is 1. The van der Waals surface area contributed by atoms with E-state index in [-0.39, 0.29) is 11.7 Å². The summed E-state index contributed by atoms with van der Waals surface area (Å²) in [6.45, 7) is 3.58. The van der Waals surface area contributed by atoms with Gasteiger partial charge in [-0.25, -0.2) is 9.59 Å². The molecular formula is C29H27ClN4O6. The molecule has 0 aliphatic rings. The van der Waals surface area contributed by atoms with Gasteiger partial charge in [-0.15, -0.1) is 0 Å². The van der Waals surface area contributed by atoms with Crippen LogP contribution in [-0.4, -0.2) is 36.2 Å². The van der Waals surface area contributed by atoms with Gasteiger partial charge >= 0.3 is 12.0 Å². The number of urea groups is 1. The molecule has 10 nitrogen and oxygen atoms in total. The third-order valence-corrected chi connectivity index (χ3v) is 5.98. The van der Waals surface area contributed by atoms with Crippen LogP contribution in [0.25, 0.3) is 11.3 Å². The summed E-state index contributed by atoms with van der Waals surface area (Å²) in [6, 6.07) is 21.0. The van der Waals surface area contributed by atoms with Crippen LogP contribution in [0.2, 0.25) is 5.02 Å². The number of rotatable bonds is 9. The summed E-state index contributed by atoms with van der Waals surface area (Å²) in [4.78, 5) is 37.2. The Morgan fingerprint density at radius 3 is 2.33 bits per heavy atom. The monoisotopic (exact) mass is 562 g/mol. The lowest BCUT2D eigenvalue weighted by Gasteiger charge is -2.18. The molecule has 0 saturated carbocycles. The summed E-state index contributed by atoms with van der Waals surface area (Å²) in [7, 11) is 1.26. The van der Waals surface area contributed by atoms with E-state index in [1.54, 1.807) is 68.4 Å². The number of amides is 3. The minimum absolute atomic E-state index is 0.0531. The lowest BCUT2D eigenvalue weighted by molar-refractivity contribution is -0.144. The number of benzene rings is 3. The average Bonchev–Trinajstić information content (AvgIpc) is 3.44. The Balaban J connectivity index is 1.39. The van der Waals surface area contributed by atoms with Crippen LogP contribution in [0.1, 0.15) is 24.4 Å². The van der Waals surface area contributed by atoms with Crippen LogP contribution >= 0.6 is 11.6 Å².